The summed E-state index contributed by atoms with van der Waals surface area (Å²) >= 11 is 7.18. The Hall–Kier alpha value is -1.99. The Kier molecular flexibility index (Phi) is 8.25. The van der Waals surface area contributed by atoms with Gasteiger partial charge in [-0.3, -0.25) is 9.69 Å². The number of sulfone groups is 1. The van der Waals surface area contributed by atoms with Gasteiger partial charge in [-0.15, -0.1) is 11.3 Å². The van der Waals surface area contributed by atoms with Gasteiger partial charge in [0.15, 0.2) is 15.6 Å². The largest absolute Gasteiger partial charge is 0.299 e. The van der Waals surface area contributed by atoms with Gasteiger partial charge in [-0.1, -0.05) is 41.4 Å². The predicted molar refractivity (Wildman–Crippen MR) is 140 cm³/mol. The summed E-state index contributed by atoms with van der Waals surface area (Å²) in [5.74, 6) is 0.429. The lowest BCUT2D eigenvalue weighted by Gasteiger charge is -2.31. The van der Waals surface area contributed by atoms with Crippen LogP contribution >= 0.6 is 22.9 Å². The van der Waals surface area contributed by atoms with Crippen molar-refractivity contribution in [3.05, 3.63) is 87.3 Å². The lowest BCUT2D eigenvalue weighted by molar-refractivity contribution is 0.0983. The standard InChI is InChI=1S/C27H30ClNO3S2/c1-20-2-4-21(5-3-20)18-29-16-14-22(15-17-29)19-34(31,32)27-13-11-25(33-27)10-12-26(30)23-6-8-24(28)9-7-23/h2-9,11,13,22H,10,12,14-19H2,1H3. The quantitative estimate of drug-likeness (QED) is 0.318. The molecular weight excluding hydrogens is 486 g/mol. The van der Waals surface area contributed by atoms with Crippen LogP contribution in [-0.2, 0) is 22.8 Å². The first-order chi connectivity index (χ1) is 16.3. The van der Waals surface area contributed by atoms with Crippen LogP contribution in [0.15, 0.2) is 64.9 Å². The van der Waals surface area contributed by atoms with Crippen LogP contribution in [0.25, 0.3) is 0 Å². The second-order valence-electron chi connectivity index (χ2n) is 9.14. The van der Waals surface area contributed by atoms with Crippen LogP contribution in [-0.4, -0.2) is 37.9 Å². The summed E-state index contributed by atoms with van der Waals surface area (Å²) in [6.45, 7) is 4.86. The SMILES string of the molecule is Cc1ccc(CN2CCC(CS(=O)(=O)c3ccc(CCC(=O)c4ccc(Cl)cc4)s3)CC2)cc1. The van der Waals surface area contributed by atoms with Gasteiger partial charge in [-0.2, -0.15) is 0 Å². The molecule has 4 rings (SSSR count). The molecule has 0 radical (unpaired) electrons. The minimum atomic E-state index is -3.32. The van der Waals surface area contributed by atoms with Crippen LogP contribution < -0.4 is 0 Å². The maximum atomic E-state index is 13.0. The Morgan fingerprint density at radius 1 is 1.00 bits per heavy atom. The minimum absolute atomic E-state index is 0.0341. The van der Waals surface area contributed by atoms with Crippen molar-refractivity contribution in [2.75, 3.05) is 18.8 Å². The van der Waals surface area contributed by atoms with Crippen molar-refractivity contribution >= 4 is 38.6 Å². The van der Waals surface area contributed by atoms with Crippen LogP contribution in [0.5, 0.6) is 0 Å². The average molecular weight is 516 g/mol. The molecule has 0 N–H and O–H groups in total. The molecule has 2 aromatic carbocycles. The highest BCUT2D eigenvalue weighted by Gasteiger charge is 2.26. The number of hydrogen-bond acceptors (Lipinski definition) is 5. The van der Waals surface area contributed by atoms with Crippen LogP contribution in [0.2, 0.25) is 5.02 Å². The Labute approximate surface area is 211 Å². The van der Waals surface area contributed by atoms with E-state index in [1.807, 2.05) is 6.07 Å². The normalized spacial score (nSPS) is 15.5. The third kappa shape index (κ3) is 6.79. The number of Topliss-reactive ketones (excluding diaryl/α,β-unsaturated/α-hetero) is 1. The van der Waals surface area contributed by atoms with Crippen LogP contribution in [0.1, 0.15) is 45.6 Å². The number of piperidine rings is 1. The van der Waals surface area contributed by atoms with Crippen LogP contribution in [0.3, 0.4) is 0 Å². The monoisotopic (exact) mass is 515 g/mol. The highest BCUT2D eigenvalue weighted by Crippen LogP contribution is 2.28. The summed E-state index contributed by atoms with van der Waals surface area (Å²) in [6, 6.07) is 19.0. The van der Waals surface area contributed by atoms with Crippen molar-refractivity contribution in [3.63, 3.8) is 0 Å². The fraction of sp³-hybridized carbons (Fsp3) is 0.370. The molecule has 180 valence electrons. The number of ketones is 1. The number of aryl methyl sites for hydroxylation is 2. The number of carbonyl (C=O) groups is 1. The fourth-order valence-corrected chi connectivity index (χ4v) is 7.62. The molecule has 3 aromatic rings. The Morgan fingerprint density at radius 2 is 1.68 bits per heavy atom. The first kappa shape index (κ1) is 25.1. The zero-order valence-corrected chi connectivity index (χ0v) is 21.8. The van der Waals surface area contributed by atoms with E-state index in [-0.39, 0.29) is 17.5 Å². The molecule has 0 bridgehead atoms. The van der Waals surface area contributed by atoms with Crippen molar-refractivity contribution in [1.82, 2.24) is 4.90 Å². The topological polar surface area (TPSA) is 54.5 Å². The summed E-state index contributed by atoms with van der Waals surface area (Å²) in [4.78, 5) is 15.7. The maximum Gasteiger partial charge on any atom is 0.188 e. The van der Waals surface area contributed by atoms with E-state index in [0.717, 1.165) is 37.4 Å². The van der Waals surface area contributed by atoms with Crippen molar-refractivity contribution < 1.29 is 13.2 Å². The molecule has 0 aliphatic carbocycles. The second-order valence-corrected chi connectivity index (χ2v) is 13.0. The summed E-state index contributed by atoms with van der Waals surface area (Å²) in [5.41, 5.74) is 3.19. The Bertz CT molecular complexity index is 1210. The lowest BCUT2D eigenvalue weighted by Crippen LogP contribution is -2.35. The highest BCUT2D eigenvalue weighted by molar-refractivity contribution is 7.93. The zero-order chi connectivity index (χ0) is 24.1. The highest BCUT2D eigenvalue weighted by atomic mass is 35.5. The molecule has 1 aliphatic heterocycles. The van der Waals surface area contributed by atoms with Gasteiger partial charge in [0, 0.05) is 28.4 Å². The molecule has 0 atom stereocenters. The van der Waals surface area contributed by atoms with E-state index in [4.69, 9.17) is 11.6 Å². The Morgan fingerprint density at radius 3 is 2.35 bits per heavy atom. The molecule has 1 saturated heterocycles. The van der Waals surface area contributed by atoms with Gasteiger partial charge in [0.25, 0.3) is 0 Å². The molecular formula is C27H30ClNO3S2. The molecule has 1 aromatic heterocycles. The molecule has 2 heterocycles. The van der Waals surface area contributed by atoms with Gasteiger partial charge in [0.2, 0.25) is 0 Å². The predicted octanol–water partition coefficient (Wildman–Crippen LogP) is 6.21. The summed E-state index contributed by atoms with van der Waals surface area (Å²) in [7, 11) is -3.32. The third-order valence-electron chi connectivity index (χ3n) is 6.40. The van der Waals surface area contributed by atoms with E-state index in [1.54, 1.807) is 30.3 Å². The summed E-state index contributed by atoms with van der Waals surface area (Å²) in [6.07, 6.45) is 2.69. The summed E-state index contributed by atoms with van der Waals surface area (Å²) in [5, 5.41) is 0.599. The summed E-state index contributed by atoms with van der Waals surface area (Å²) < 4.78 is 26.5. The molecule has 0 amide bonds. The van der Waals surface area contributed by atoms with Gasteiger partial charge < -0.3 is 0 Å². The van der Waals surface area contributed by atoms with Crippen LogP contribution in [0, 0.1) is 12.8 Å². The second kappa shape index (κ2) is 11.2. The van der Waals surface area contributed by atoms with E-state index in [9.17, 15) is 13.2 Å². The molecule has 0 saturated carbocycles. The fourth-order valence-electron chi connectivity index (χ4n) is 4.33. The van der Waals surface area contributed by atoms with Crippen LogP contribution in [0.4, 0.5) is 0 Å². The Balaban J connectivity index is 1.26. The van der Waals surface area contributed by atoms with E-state index in [0.29, 0.717) is 27.6 Å². The van der Waals surface area contributed by atoms with E-state index < -0.39 is 9.84 Å². The number of halogens is 1. The number of rotatable bonds is 9. The van der Waals surface area contributed by atoms with Crippen molar-refractivity contribution in [2.24, 2.45) is 5.92 Å². The number of benzene rings is 2. The first-order valence-corrected chi connectivity index (χ1v) is 14.5. The van der Waals surface area contributed by atoms with Crippen molar-refractivity contribution in [3.8, 4) is 0 Å². The first-order valence-electron chi connectivity index (χ1n) is 11.7. The number of carbonyl (C=O) groups excluding carboxylic acids is 1. The molecule has 4 nitrogen and oxygen atoms in total. The molecule has 34 heavy (non-hydrogen) atoms. The molecule has 1 fully saturated rings. The van der Waals surface area contributed by atoms with Crippen molar-refractivity contribution in [2.45, 2.75) is 43.4 Å². The average Bonchev–Trinajstić information content (AvgIpc) is 3.31. The smallest absolute Gasteiger partial charge is 0.188 e. The molecule has 0 spiro atoms. The molecule has 0 unspecified atom stereocenters. The van der Waals surface area contributed by atoms with Gasteiger partial charge in [-0.25, -0.2) is 8.42 Å². The van der Waals surface area contributed by atoms with Gasteiger partial charge in [-0.05, 0) is 87.2 Å². The van der Waals surface area contributed by atoms with Gasteiger partial charge >= 0.3 is 0 Å². The van der Waals surface area contributed by atoms with Gasteiger partial charge in [0.1, 0.15) is 4.21 Å². The lowest BCUT2D eigenvalue weighted by atomic mass is 9.98. The molecule has 7 heteroatoms. The number of hydrogen-bond donors (Lipinski definition) is 0. The number of nitrogens with zero attached hydrogens (tertiary/aromatic N) is 1. The van der Waals surface area contributed by atoms with E-state index in [1.165, 1.54) is 22.5 Å². The number of thiophene rings is 1. The van der Waals surface area contributed by atoms with Crippen molar-refractivity contribution in [1.29, 1.82) is 0 Å². The third-order valence-corrected chi connectivity index (χ3v) is 10.3. The minimum Gasteiger partial charge on any atom is -0.299 e. The van der Waals surface area contributed by atoms with E-state index in [2.05, 4.69) is 36.1 Å². The maximum absolute atomic E-state index is 13.0. The van der Waals surface area contributed by atoms with E-state index >= 15 is 0 Å². The zero-order valence-electron chi connectivity index (χ0n) is 19.4. The van der Waals surface area contributed by atoms with Gasteiger partial charge in [0.05, 0.1) is 5.75 Å². The molecule has 1 aliphatic rings. The number of likely N-dealkylation sites (tertiary alicyclic amines) is 1.